The van der Waals surface area contributed by atoms with Gasteiger partial charge in [-0.3, -0.25) is 4.79 Å². The molecule has 2 aromatic rings. The van der Waals surface area contributed by atoms with Gasteiger partial charge in [0.15, 0.2) is 0 Å². The van der Waals surface area contributed by atoms with E-state index in [-0.39, 0.29) is 11.7 Å². The van der Waals surface area contributed by atoms with E-state index < -0.39 is 5.41 Å². The lowest BCUT2D eigenvalue weighted by Crippen LogP contribution is -2.49. The lowest BCUT2D eigenvalue weighted by atomic mass is 9.63. The molecule has 1 fully saturated rings. The van der Waals surface area contributed by atoms with Crippen LogP contribution in [0.25, 0.3) is 0 Å². The number of benzene rings is 1. The van der Waals surface area contributed by atoms with Crippen LogP contribution in [0.1, 0.15) is 35.3 Å². The van der Waals surface area contributed by atoms with Crippen LogP contribution in [0.3, 0.4) is 0 Å². The van der Waals surface area contributed by atoms with Crippen LogP contribution < -0.4 is 0 Å². The van der Waals surface area contributed by atoms with E-state index >= 15 is 0 Å². The Labute approximate surface area is 134 Å². The Bertz CT molecular complexity index is 673. The van der Waals surface area contributed by atoms with E-state index in [9.17, 15) is 9.18 Å². The molecule has 0 spiro atoms. The third-order valence-corrected chi connectivity index (χ3v) is 5.72. The van der Waals surface area contributed by atoms with Crippen molar-refractivity contribution in [2.45, 2.75) is 38.1 Å². The van der Waals surface area contributed by atoms with Crippen molar-refractivity contribution in [2.24, 2.45) is 0 Å². The Kier molecular flexibility index (Phi) is 4.04. The predicted molar refractivity (Wildman–Crippen MR) is 87.5 cm³/mol. The molecule has 0 atom stereocenters. The van der Waals surface area contributed by atoms with Crippen LogP contribution in [-0.4, -0.2) is 17.9 Å². The third-order valence-electron chi connectivity index (χ3n) is 4.71. The highest BCUT2D eigenvalue weighted by molar-refractivity contribution is 7.10. The van der Waals surface area contributed by atoms with Crippen molar-refractivity contribution in [1.82, 2.24) is 4.90 Å². The van der Waals surface area contributed by atoms with E-state index in [2.05, 4.69) is 18.4 Å². The summed E-state index contributed by atoms with van der Waals surface area (Å²) >= 11 is 1.69. The Hall–Kier alpha value is -1.68. The van der Waals surface area contributed by atoms with Gasteiger partial charge >= 0.3 is 0 Å². The summed E-state index contributed by atoms with van der Waals surface area (Å²) in [5, 5.41) is 2.06. The number of hydrogen-bond acceptors (Lipinski definition) is 2. The normalized spacial score (nSPS) is 16.1. The first-order valence-corrected chi connectivity index (χ1v) is 8.45. The molecule has 1 aromatic heterocycles. The molecule has 1 saturated carbocycles. The van der Waals surface area contributed by atoms with Crippen molar-refractivity contribution in [3.8, 4) is 0 Å². The van der Waals surface area contributed by atoms with Crippen LogP contribution in [0.5, 0.6) is 0 Å². The van der Waals surface area contributed by atoms with E-state index in [1.165, 1.54) is 22.6 Å². The average molecular weight is 317 g/mol. The Morgan fingerprint density at radius 1 is 1.27 bits per heavy atom. The van der Waals surface area contributed by atoms with Crippen LogP contribution in [0.15, 0.2) is 35.7 Å². The summed E-state index contributed by atoms with van der Waals surface area (Å²) in [7, 11) is 1.87. The van der Waals surface area contributed by atoms with Gasteiger partial charge in [0.05, 0.1) is 12.0 Å². The maximum absolute atomic E-state index is 13.2. The number of carbonyl (C=O) groups is 1. The summed E-state index contributed by atoms with van der Waals surface area (Å²) in [6, 6.07) is 8.50. The fourth-order valence-corrected chi connectivity index (χ4v) is 4.10. The minimum Gasteiger partial charge on any atom is -0.340 e. The number of likely N-dealkylation sites (N-methyl/N-ethyl adjacent to an activating group) is 1. The van der Waals surface area contributed by atoms with Gasteiger partial charge in [-0.25, -0.2) is 4.39 Å². The van der Waals surface area contributed by atoms with Gasteiger partial charge in [-0.05, 0) is 54.5 Å². The van der Waals surface area contributed by atoms with Crippen LogP contribution in [-0.2, 0) is 16.8 Å². The number of halogens is 1. The second kappa shape index (κ2) is 5.84. The number of hydrogen-bond donors (Lipinski definition) is 0. The standard InChI is InChI=1S/C18H20FNOS/c1-13-8-11-22-16(13)12-20(2)17(21)18(9-3-10-18)14-4-6-15(19)7-5-14/h4-8,11H,3,9-10,12H2,1-2H3. The molecule has 3 rings (SSSR count). The van der Waals surface area contributed by atoms with Crippen molar-refractivity contribution in [3.05, 3.63) is 57.5 Å². The SMILES string of the molecule is Cc1ccsc1CN(C)C(=O)C1(c2ccc(F)cc2)CCC1. The maximum Gasteiger partial charge on any atom is 0.233 e. The van der Waals surface area contributed by atoms with Crippen molar-refractivity contribution in [2.75, 3.05) is 7.05 Å². The number of rotatable bonds is 4. The minimum absolute atomic E-state index is 0.151. The first-order chi connectivity index (χ1) is 10.5. The third kappa shape index (κ3) is 2.56. The second-order valence-corrected chi connectivity index (χ2v) is 7.13. The zero-order valence-corrected chi connectivity index (χ0v) is 13.8. The van der Waals surface area contributed by atoms with E-state index in [1.54, 1.807) is 23.5 Å². The van der Waals surface area contributed by atoms with Gasteiger partial charge in [-0.1, -0.05) is 18.6 Å². The first-order valence-electron chi connectivity index (χ1n) is 7.57. The quantitative estimate of drug-likeness (QED) is 0.824. The van der Waals surface area contributed by atoms with E-state index in [0.29, 0.717) is 6.54 Å². The molecule has 0 saturated heterocycles. The molecule has 1 amide bonds. The molecule has 1 heterocycles. The summed E-state index contributed by atoms with van der Waals surface area (Å²) < 4.78 is 13.2. The van der Waals surface area contributed by atoms with Crippen molar-refractivity contribution >= 4 is 17.2 Å². The molecule has 0 radical (unpaired) electrons. The van der Waals surface area contributed by atoms with Crippen LogP contribution in [0.4, 0.5) is 4.39 Å². The molecule has 22 heavy (non-hydrogen) atoms. The summed E-state index contributed by atoms with van der Waals surface area (Å²) in [5.74, 6) is -0.105. The summed E-state index contributed by atoms with van der Waals surface area (Å²) in [6.07, 6.45) is 2.76. The fourth-order valence-electron chi connectivity index (χ4n) is 3.14. The topological polar surface area (TPSA) is 20.3 Å². The number of nitrogens with zero attached hydrogens (tertiary/aromatic N) is 1. The van der Waals surface area contributed by atoms with E-state index in [4.69, 9.17) is 0 Å². The maximum atomic E-state index is 13.2. The van der Waals surface area contributed by atoms with Crippen molar-refractivity contribution < 1.29 is 9.18 Å². The second-order valence-electron chi connectivity index (χ2n) is 6.13. The van der Waals surface area contributed by atoms with Crippen molar-refractivity contribution in [3.63, 3.8) is 0 Å². The van der Waals surface area contributed by atoms with Gasteiger partial charge in [0, 0.05) is 11.9 Å². The predicted octanol–water partition coefficient (Wildman–Crippen LogP) is 4.28. The largest absolute Gasteiger partial charge is 0.340 e. The van der Waals surface area contributed by atoms with Gasteiger partial charge in [0.1, 0.15) is 5.82 Å². The van der Waals surface area contributed by atoms with Crippen LogP contribution >= 0.6 is 11.3 Å². The monoisotopic (exact) mass is 317 g/mol. The lowest BCUT2D eigenvalue weighted by Gasteiger charge is -2.43. The van der Waals surface area contributed by atoms with Gasteiger partial charge in [0.25, 0.3) is 0 Å². The van der Waals surface area contributed by atoms with Gasteiger partial charge in [0.2, 0.25) is 5.91 Å². The Morgan fingerprint density at radius 3 is 2.45 bits per heavy atom. The first kappa shape index (κ1) is 15.2. The molecule has 0 unspecified atom stereocenters. The Balaban J connectivity index is 1.82. The highest BCUT2D eigenvalue weighted by atomic mass is 32.1. The molecular weight excluding hydrogens is 297 g/mol. The van der Waals surface area contributed by atoms with Gasteiger partial charge < -0.3 is 4.90 Å². The highest BCUT2D eigenvalue weighted by Crippen LogP contribution is 2.45. The van der Waals surface area contributed by atoms with E-state index in [1.807, 2.05) is 11.9 Å². The number of carbonyl (C=O) groups excluding carboxylic acids is 1. The van der Waals surface area contributed by atoms with Gasteiger partial charge in [-0.15, -0.1) is 11.3 Å². The zero-order chi connectivity index (χ0) is 15.7. The van der Waals surface area contributed by atoms with Crippen molar-refractivity contribution in [1.29, 1.82) is 0 Å². The summed E-state index contributed by atoms with van der Waals surface area (Å²) in [4.78, 5) is 16.1. The number of aryl methyl sites for hydroxylation is 1. The van der Waals surface area contributed by atoms with E-state index in [0.717, 1.165) is 24.8 Å². The fraction of sp³-hybridized carbons (Fsp3) is 0.389. The molecular formula is C18H20FNOS. The summed E-state index contributed by atoms with van der Waals surface area (Å²) in [5.41, 5.74) is 1.72. The smallest absolute Gasteiger partial charge is 0.233 e. The number of thiophene rings is 1. The molecule has 4 heteroatoms. The molecule has 116 valence electrons. The minimum atomic E-state index is -0.451. The molecule has 2 nitrogen and oxygen atoms in total. The Morgan fingerprint density at radius 2 is 1.95 bits per heavy atom. The molecule has 0 N–H and O–H groups in total. The lowest BCUT2D eigenvalue weighted by molar-refractivity contribution is -0.140. The molecule has 1 aliphatic rings. The number of amides is 1. The van der Waals surface area contributed by atoms with Crippen LogP contribution in [0, 0.1) is 12.7 Å². The molecule has 0 bridgehead atoms. The van der Waals surface area contributed by atoms with Crippen LogP contribution in [0.2, 0.25) is 0 Å². The molecule has 1 aliphatic carbocycles. The highest BCUT2D eigenvalue weighted by Gasteiger charge is 2.46. The molecule has 0 aliphatic heterocycles. The average Bonchev–Trinajstić information content (AvgIpc) is 2.85. The molecule has 1 aromatic carbocycles. The zero-order valence-electron chi connectivity index (χ0n) is 12.9. The summed E-state index contributed by atoms with van der Waals surface area (Å²) in [6.45, 7) is 2.72. The van der Waals surface area contributed by atoms with Gasteiger partial charge in [-0.2, -0.15) is 0 Å².